The summed E-state index contributed by atoms with van der Waals surface area (Å²) in [6, 6.07) is 4.80. The van der Waals surface area contributed by atoms with Crippen molar-refractivity contribution in [1.29, 1.82) is 5.41 Å². The van der Waals surface area contributed by atoms with Crippen molar-refractivity contribution in [2.75, 3.05) is 13.7 Å². The highest BCUT2D eigenvalue weighted by molar-refractivity contribution is 6.01. The highest BCUT2D eigenvalue weighted by Crippen LogP contribution is 2.47. The summed E-state index contributed by atoms with van der Waals surface area (Å²) >= 11 is 0. The van der Waals surface area contributed by atoms with Crippen molar-refractivity contribution >= 4 is 11.7 Å². The van der Waals surface area contributed by atoms with Gasteiger partial charge < -0.3 is 15.4 Å². The molecule has 3 rings (SSSR count). The number of hydrogen-bond donors (Lipinski definition) is 2. The molecule has 28 heavy (non-hydrogen) atoms. The van der Waals surface area contributed by atoms with Crippen LogP contribution in [-0.2, 0) is 10.2 Å². The van der Waals surface area contributed by atoms with Gasteiger partial charge in [0.25, 0.3) is 0 Å². The van der Waals surface area contributed by atoms with E-state index in [1.54, 1.807) is 26.1 Å². The van der Waals surface area contributed by atoms with Crippen molar-refractivity contribution < 1.29 is 13.9 Å². The largest absolute Gasteiger partial charge is 0.493 e. The lowest BCUT2D eigenvalue weighted by molar-refractivity contribution is -0.136. The fourth-order valence-corrected chi connectivity index (χ4v) is 4.44. The SMILES string of the molecule is CC(=N)N(C)C(=O)C1(N)CCCCC1(C)c1cc(OCC2CCC2)ccc1F. The summed E-state index contributed by atoms with van der Waals surface area (Å²) in [6.45, 7) is 4.08. The summed E-state index contributed by atoms with van der Waals surface area (Å²) < 4.78 is 20.9. The predicted molar refractivity (Wildman–Crippen MR) is 108 cm³/mol. The van der Waals surface area contributed by atoms with Gasteiger partial charge >= 0.3 is 0 Å². The average Bonchev–Trinajstić information content (AvgIpc) is 2.62. The van der Waals surface area contributed by atoms with Crippen LogP contribution in [-0.4, -0.2) is 35.8 Å². The van der Waals surface area contributed by atoms with Gasteiger partial charge in [-0.05, 0) is 62.3 Å². The zero-order chi connectivity index (χ0) is 20.5. The third-order valence-corrected chi connectivity index (χ3v) is 6.91. The van der Waals surface area contributed by atoms with Gasteiger partial charge in [-0.2, -0.15) is 0 Å². The Bertz CT molecular complexity index is 764. The molecule has 2 unspecified atom stereocenters. The van der Waals surface area contributed by atoms with Gasteiger partial charge in [-0.3, -0.25) is 10.2 Å². The number of nitrogens with two attached hydrogens (primary N) is 1. The fraction of sp³-hybridized carbons (Fsp3) is 0.636. The molecule has 1 amide bonds. The Morgan fingerprint density at radius 2 is 2.00 bits per heavy atom. The van der Waals surface area contributed by atoms with E-state index in [1.807, 2.05) is 6.92 Å². The van der Waals surface area contributed by atoms with E-state index < -0.39 is 11.0 Å². The maximum absolute atomic E-state index is 15.0. The van der Waals surface area contributed by atoms with Crippen LogP contribution in [0.1, 0.15) is 64.4 Å². The van der Waals surface area contributed by atoms with Gasteiger partial charge in [-0.1, -0.05) is 26.2 Å². The number of carbonyl (C=O) groups excluding carboxylic acids is 1. The van der Waals surface area contributed by atoms with Crippen LogP contribution in [0.5, 0.6) is 5.75 Å². The minimum Gasteiger partial charge on any atom is -0.493 e. The highest BCUT2D eigenvalue weighted by atomic mass is 19.1. The number of amides is 1. The third kappa shape index (κ3) is 3.54. The first-order valence-corrected chi connectivity index (χ1v) is 10.2. The molecule has 0 saturated heterocycles. The van der Waals surface area contributed by atoms with E-state index in [0.29, 0.717) is 36.7 Å². The maximum Gasteiger partial charge on any atom is 0.248 e. The molecule has 1 aromatic rings. The van der Waals surface area contributed by atoms with E-state index in [9.17, 15) is 9.18 Å². The number of nitrogens with zero attached hydrogens (tertiary/aromatic N) is 1. The van der Waals surface area contributed by atoms with Crippen LogP contribution in [0.4, 0.5) is 4.39 Å². The molecule has 2 aliphatic rings. The third-order valence-electron chi connectivity index (χ3n) is 6.91. The van der Waals surface area contributed by atoms with Crippen LogP contribution < -0.4 is 10.5 Å². The molecule has 0 aliphatic heterocycles. The predicted octanol–water partition coefficient (Wildman–Crippen LogP) is 3.99. The number of rotatable bonds is 5. The van der Waals surface area contributed by atoms with Gasteiger partial charge in [0.05, 0.1) is 12.4 Å². The monoisotopic (exact) mass is 389 g/mol. The molecule has 2 fully saturated rings. The Hall–Kier alpha value is -1.95. The molecule has 0 heterocycles. The van der Waals surface area contributed by atoms with Crippen LogP contribution in [0.3, 0.4) is 0 Å². The maximum atomic E-state index is 15.0. The number of ether oxygens (including phenoxy) is 1. The molecule has 0 aromatic heterocycles. The van der Waals surface area contributed by atoms with Crippen LogP contribution in [0.25, 0.3) is 0 Å². The zero-order valence-corrected chi connectivity index (χ0v) is 17.2. The second-order valence-corrected chi connectivity index (χ2v) is 8.71. The second-order valence-electron chi connectivity index (χ2n) is 8.71. The van der Waals surface area contributed by atoms with Gasteiger partial charge in [-0.15, -0.1) is 0 Å². The van der Waals surface area contributed by atoms with E-state index in [2.05, 4.69) is 0 Å². The minimum atomic E-state index is -1.27. The number of nitrogens with one attached hydrogen (secondary N) is 1. The molecule has 0 radical (unpaired) electrons. The second kappa shape index (κ2) is 7.82. The Labute approximate surface area is 166 Å². The first kappa shape index (κ1) is 20.8. The molecule has 154 valence electrons. The van der Waals surface area contributed by atoms with E-state index in [-0.39, 0.29) is 17.6 Å². The van der Waals surface area contributed by atoms with Crippen molar-refractivity contribution in [1.82, 2.24) is 4.90 Å². The lowest BCUT2D eigenvalue weighted by atomic mass is 9.58. The Balaban J connectivity index is 1.95. The molecule has 1 aromatic carbocycles. The van der Waals surface area contributed by atoms with Crippen molar-refractivity contribution in [2.45, 2.75) is 69.7 Å². The summed E-state index contributed by atoms with van der Waals surface area (Å²) in [5.41, 5.74) is 5.03. The number of hydrogen-bond acceptors (Lipinski definition) is 4. The summed E-state index contributed by atoms with van der Waals surface area (Å²) in [5, 5.41) is 7.82. The van der Waals surface area contributed by atoms with Gasteiger partial charge in [0.1, 0.15) is 17.1 Å². The van der Waals surface area contributed by atoms with E-state index in [1.165, 1.54) is 30.2 Å². The topological polar surface area (TPSA) is 79.4 Å². The van der Waals surface area contributed by atoms with Gasteiger partial charge in [-0.25, -0.2) is 4.39 Å². The zero-order valence-electron chi connectivity index (χ0n) is 17.2. The van der Waals surface area contributed by atoms with Gasteiger partial charge in [0.2, 0.25) is 5.91 Å². The fourth-order valence-electron chi connectivity index (χ4n) is 4.44. The number of halogens is 1. The number of likely N-dealkylation sites (N-methyl/N-ethyl adjacent to an activating group) is 1. The van der Waals surface area contributed by atoms with Crippen LogP contribution >= 0.6 is 0 Å². The van der Waals surface area contributed by atoms with Gasteiger partial charge in [0.15, 0.2) is 0 Å². The lowest BCUT2D eigenvalue weighted by Gasteiger charge is -2.50. The Morgan fingerprint density at radius 1 is 1.32 bits per heavy atom. The van der Waals surface area contributed by atoms with Crippen molar-refractivity contribution in [3.63, 3.8) is 0 Å². The number of carbonyl (C=O) groups is 1. The normalized spacial score (nSPS) is 27.8. The van der Waals surface area contributed by atoms with Crippen molar-refractivity contribution in [3.05, 3.63) is 29.6 Å². The summed E-state index contributed by atoms with van der Waals surface area (Å²) in [4.78, 5) is 14.5. The summed E-state index contributed by atoms with van der Waals surface area (Å²) in [7, 11) is 1.56. The molecule has 5 nitrogen and oxygen atoms in total. The van der Waals surface area contributed by atoms with Crippen molar-refractivity contribution in [3.8, 4) is 5.75 Å². The molecule has 0 bridgehead atoms. The molecule has 2 aliphatic carbocycles. The average molecular weight is 390 g/mol. The Kier molecular flexibility index (Phi) is 5.80. The standard InChI is InChI=1S/C22H32FN3O2/c1-15(24)26(3)20(27)22(25)12-5-4-11-21(22,2)18-13-17(9-10-19(18)23)28-14-16-7-6-8-16/h9-10,13,16,24H,4-8,11-12,14,25H2,1-3H3. The van der Waals surface area contributed by atoms with E-state index in [0.717, 1.165) is 12.8 Å². The molecule has 0 spiro atoms. The van der Waals surface area contributed by atoms with Crippen LogP contribution in [0.2, 0.25) is 0 Å². The van der Waals surface area contributed by atoms with Crippen LogP contribution in [0, 0.1) is 17.1 Å². The number of amidine groups is 1. The molecule has 2 atom stereocenters. The van der Waals surface area contributed by atoms with Crippen molar-refractivity contribution in [2.24, 2.45) is 11.7 Å². The van der Waals surface area contributed by atoms with E-state index in [4.69, 9.17) is 15.9 Å². The van der Waals surface area contributed by atoms with Crippen LogP contribution in [0.15, 0.2) is 18.2 Å². The molecular formula is C22H32FN3O2. The highest BCUT2D eigenvalue weighted by Gasteiger charge is 2.55. The summed E-state index contributed by atoms with van der Waals surface area (Å²) in [6.07, 6.45) is 6.38. The first-order chi connectivity index (χ1) is 13.2. The first-order valence-electron chi connectivity index (χ1n) is 10.2. The lowest BCUT2D eigenvalue weighted by Crippen LogP contribution is -2.67. The smallest absolute Gasteiger partial charge is 0.248 e. The van der Waals surface area contributed by atoms with Gasteiger partial charge in [0, 0.05) is 12.5 Å². The molecule has 2 saturated carbocycles. The molecular weight excluding hydrogens is 357 g/mol. The molecule has 3 N–H and O–H groups in total. The summed E-state index contributed by atoms with van der Waals surface area (Å²) in [5.74, 6) is 0.639. The minimum absolute atomic E-state index is 0.126. The van der Waals surface area contributed by atoms with E-state index >= 15 is 0 Å². The Morgan fingerprint density at radius 3 is 2.61 bits per heavy atom. The number of benzene rings is 1. The molecule has 6 heteroatoms. The quantitative estimate of drug-likeness (QED) is 0.590.